The number of thiazole rings is 1. The van der Waals surface area contributed by atoms with Crippen molar-refractivity contribution in [3.8, 4) is 34.3 Å². The maximum atomic E-state index is 12.7. The monoisotopic (exact) mass is 400 g/mol. The third kappa shape index (κ3) is 4.01. The summed E-state index contributed by atoms with van der Waals surface area (Å²) < 4.78 is 21.0. The average molecular weight is 400 g/mol. The Hall–Kier alpha value is -3.26. The lowest BCUT2D eigenvalue weighted by Gasteiger charge is -2.10. The van der Waals surface area contributed by atoms with Gasteiger partial charge in [0, 0.05) is 10.9 Å². The molecule has 0 bridgehead atoms. The Morgan fingerprint density at radius 2 is 1.61 bits per heavy atom. The summed E-state index contributed by atoms with van der Waals surface area (Å²) in [6.07, 6.45) is 0. The smallest absolute Gasteiger partial charge is 0.261 e. The minimum Gasteiger partial charge on any atom is -0.497 e. The fourth-order valence-electron chi connectivity index (χ4n) is 2.62. The molecular formula is C20H20N2O5S. The first-order valence-corrected chi connectivity index (χ1v) is 9.19. The minimum atomic E-state index is -0.330. The number of methoxy groups -OCH3 is 4. The Labute approximate surface area is 166 Å². The number of anilines is 1. The van der Waals surface area contributed by atoms with Crippen LogP contribution in [0, 0.1) is 0 Å². The molecule has 146 valence electrons. The highest BCUT2D eigenvalue weighted by atomic mass is 32.1. The molecule has 3 rings (SSSR count). The van der Waals surface area contributed by atoms with Crippen LogP contribution in [0.25, 0.3) is 11.3 Å². The van der Waals surface area contributed by atoms with Crippen molar-refractivity contribution in [2.24, 2.45) is 0 Å². The second kappa shape index (κ2) is 8.62. The van der Waals surface area contributed by atoms with Crippen LogP contribution in [0.2, 0.25) is 0 Å². The van der Waals surface area contributed by atoms with Crippen LogP contribution in [0.4, 0.5) is 5.13 Å². The van der Waals surface area contributed by atoms with E-state index < -0.39 is 0 Å². The van der Waals surface area contributed by atoms with Gasteiger partial charge in [-0.2, -0.15) is 0 Å². The molecule has 0 aliphatic rings. The van der Waals surface area contributed by atoms with Gasteiger partial charge in [0.1, 0.15) is 11.5 Å². The number of hydrogen-bond donors (Lipinski definition) is 1. The molecule has 3 aromatic rings. The number of amides is 1. The van der Waals surface area contributed by atoms with E-state index in [4.69, 9.17) is 18.9 Å². The number of ether oxygens (including phenoxy) is 4. The van der Waals surface area contributed by atoms with Gasteiger partial charge in [-0.3, -0.25) is 10.1 Å². The molecule has 0 aliphatic carbocycles. The molecule has 2 aromatic carbocycles. The number of hydrogen-bond acceptors (Lipinski definition) is 7. The number of benzene rings is 2. The first kappa shape index (κ1) is 19.5. The van der Waals surface area contributed by atoms with Gasteiger partial charge in [0.25, 0.3) is 5.91 Å². The molecular weight excluding hydrogens is 380 g/mol. The van der Waals surface area contributed by atoms with E-state index >= 15 is 0 Å². The molecule has 0 aliphatic heterocycles. The van der Waals surface area contributed by atoms with E-state index in [0.29, 0.717) is 33.7 Å². The van der Waals surface area contributed by atoms with Gasteiger partial charge in [-0.15, -0.1) is 11.3 Å². The fourth-order valence-corrected chi connectivity index (χ4v) is 3.33. The summed E-state index contributed by atoms with van der Waals surface area (Å²) in [4.78, 5) is 17.2. The first-order valence-electron chi connectivity index (χ1n) is 8.31. The molecule has 0 fully saturated rings. The molecule has 8 heteroatoms. The zero-order chi connectivity index (χ0) is 20.1. The van der Waals surface area contributed by atoms with Gasteiger partial charge in [-0.25, -0.2) is 4.98 Å². The molecule has 7 nitrogen and oxygen atoms in total. The topological polar surface area (TPSA) is 78.9 Å². The molecule has 1 N–H and O–H groups in total. The van der Waals surface area contributed by atoms with Crippen LogP contribution in [0.1, 0.15) is 10.4 Å². The Morgan fingerprint density at radius 3 is 2.29 bits per heavy atom. The Morgan fingerprint density at radius 1 is 0.893 bits per heavy atom. The van der Waals surface area contributed by atoms with E-state index in [0.717, 1.165) is 11.3 Å². The highest BCUT2D eigenvalue weighted by Crippen LogP contribution is 2.34. The van der Waals surface area contributed by atoms with Gasteiger partial charge < -0.3 is 18.9 Å². The van der Waals surface area contributed by atoms with Crippen LogP contribution in [0.15, 0.2) is 41.8 Å². The molecule has 0 unspecified atom stereocenters. The van der Waals surface area contributed by atoms with Gasteiger partial charge in [-0.1, -0.05) is 0 Å². The Bertz CT molecular complexity index is 986. The number of nitrogens with one attached hydrogen (secondary N) is 1. The summed E-state index contributed by atoms with van der Waals surface area (Å²) in [5.41, 5.74) is 1.94. The molecule has 1 aromatic heterocycles. The normalized spacial score (nSPS) is 10.3. The van der Waals surface area contributed by atoms with Crippen LogP contribution in [-0.2, 0) is 0 Å². The predicted octanol–water partition coefficient (Wildman–Crippen LogP) is 4.10. The average Bonchev–Trinajstić information content (AvgIpc) is 3.20. The van der Waals surface area contributed by atoms with E-state index in [1.54, 1.807) is 39.5 Å². The van der Waals surface area contributed by atoms with Crippen molar-refractivity contribution >= 4 is 22.4 Å². The van der Waals surface area contributed by atoms with Crippen molar-refractivity contribution in [3.63, 3.8) is 0 Å². The molecule has 0 saturated heterocycles. The Balaban J connectivity index is 1.83. The van der Waals surface area contributed by atoms with E-state index in [-0.39, 0.29) is 5.91 Å². The van der Waals surface area contributed by atoms with Crippen LogP contribution in [0.5, 0.6) is 23.0 Å². The van der Waals surface area contributed by atoms with Crippen LogP contribution in [-0.4, -0.2) is 39.3 Å². The number of rotatable bonds is 7. The Kier molecular flexibility index (Phi) is 6.00. The van der Waals surface area contributed by atoms with Crippen LogP contribution < -0.4 is 24.3 Å². The second-order valence-corrected chi connectivity index (χ2v) is 6.49. The number of aromatic nitrogens is 1. The SMILES string of the molecule is COc1ccc(OC)c(C(=O)Nc2nc(-c3ccc(OC)c(OC)c3)cs2)c1. The molecule has 0 atom stereocenters. The van der Waals surface area contributed by atoms with Crippen molar-refractivity contribution < 1.29 is 23.7 Å². The standard InChI is InChI=1S/C20H20N2O5S/c1-24-13-6-8-16(25-2)14(10-13)19(23)22-20-21-15(11-28-20)12-5-7-17(26-3)18(9-12)27-4/h5-11H,1-4H3,(H,21,22,23). The summed E-state index contributed by atoms with van der Waals surface area (Å²) in [5.74, 6) is 1.94. The molecule has 28 heavy (non-hydrogen) atoms. The minimum absolute atomic E-state index is 0.330. The zero-order valence-electron chi connectivity index (χ0n) is 15.9. The lowest BCUT2D eigenvalue weighted by Crippen LogP contribution is -2.13. The fraction of sp³-hybridized carbons (Fsp3) is 0.200. The quantitative estimate of drug-likeness (QED) is 0.643. The zero-order valence-corrected chi connectivity index (χ0v) is 16.8. The molecule has 0 radical (unpaired) electrons. The predicted molar refractivity (Wildman–Crippen MR) is 108 cm³/mol. The number of nitrogens with zero attached hydrogens (tertiary/aromatic N) is 1. The third-order valence-corrected chi connectivity index (χ3v) is 4.81. The first-order chi connectivity index (χ1) is 13.6. The van der Waals surface area contributed by atoms with Crippen molar-refractivity contribution in [3.05, 3.63) is 47.3 Å². The van der Waals surface area contributed by atoms with Crippen molar-refractivity contribution in [2.45, 2.75) is 0 Å². The van der Waals surface area contributed by atoms with Crippen LogP contribution in [0.3, 0.4) is 0 Å². The highest BCUT2D eigenvalue weighted by Gasteiger charge is 2.16. The van der Waals surface area contributed by atoms with Crippen molar-refractivity contribution in [1.82, 2.24) is 4.98 Å². The summed E-state index contributed by atoms with van der Waals surface area (Å²) in [5, 5.41) is 5.14. The maximum Gasteiger partial charge on any atom is 0.261 e. The second-order valence-electron chi connectivity index (χ2n) is 5.63. The number of carbonyl (C=O) groups is 1. The lowest BCUT2D eigenvalue weighted by molar-refractivity contribution is 0.102. The van der Waals surface area contributed by atoms with Gasteiger partial charge in [0.2, 0.25) is 0 Å². The highest BCUT2D eigenvalue weighted by molar-refractivity contribution is 7.14. The molecule has 1 heterocycles. The van der Waals surface area contributed by atoms with Gasteiger partial charge in [0.15, 0.2) is 16.6 Å². The van der Waals surface area contributed by atoms with Gasteiger partial charge in [-0.05, 0) is 36.4 Å². The van der Waals surface area contributed by atoms with Gasteiger partial charge in [0.05, 0.1) is 39.7 Å². The third-order valence-electron chi connectivity index (χ3n) is 4.06. The van der Waals surface area contributed by atoms with Gasteiger partial charge >= 0.3 is 0 Å². The molecule has 0 saturated carbocycles. The summed E-state index contributed by atoms with van der Waals surface area (Å²) in [7, 11) is 6.22. The van der Waals surface area contributed by atoms with Crippen molar-refractivity contribution in [1.29, 1.82) is 0 Å². The van der Waals surface area contributed by atoms with Crippen molar-refractivity contribution in [2.75, 3.05) is 33.8 Å². The molecule has 1 amide bonds. The summed E-state index contributed by atoms with van der Waals surface area (Å²) in [6, 6.07) is 10.6. The maximum absolute atomic E-state index is 12.7. The van der Waals surface area contributed by atoms with Crippen LogP contribution >= 0.6 is 11.3 Å². The summed E-state index contributed by atoms with van der Waals surface area (Å²) >= 11 is 1.33. The van der Waals surface area contributed by atoms with E-state index in [1.807, 2.05) is 23.6 Å². The lowest BCUT2D eigenvalue weighted by atomic mass is 10.1. The molecule has 0 spiro atoms. The number of carbonyl (C=O) groups excluding carboxylic acids is 1. The largest absolute Gasteiger partial charge is 0.497 e. The van der Waals surface area contributed by atoms with E-state index in [2.05, 4.69) is 10.3 Å². The van der Waals surface area contributed by atoms with E-state index in [9.17, 15) is 4.79 Å². The summed E-state index contributed by atoms with van der Waals surface area (Å²) in [6.45, 7) is 0. The van der Waals surface area contributed by atoms with E-state index in [1.165, 1.54) is 18.4 Å².